The van der Waals surface area contributed by atoms with E-state index >= 15 is 0 Å². The van der Waals surface area contributed by atoms with Crippen LogP contribution in [0.2, 0.25) is 0 Å². The van der Waals surface area contributed by atoms with E-state index in [0.717, 1.165) is 5.39 Å². The van der Waals surface area contributed by atoms with E-state index in [9.17, 15) is 0 Å². The molecule has 5 heteroatoms. The van der Waals surface area contributed by atoms with Crippen molar-refractivity contribution in [3.05, 3.63) is 23.9 Å². The molecule has 0 aliphatic rings. The molecular weight excluding hydrogens is 182 g/mol. The fourth-order valence-corrected chi connectivity index (χ4v) is 1.24. The Morgan fingerprint density at radius 1 is 1.57 bits per heavy atom. The van der Waals surface area contributed by atoms with Gasteiger partial charge in [0, 0.05) is 6.07 Å². The Kier molecular flexibility index (Phi) is 1.85. The molecule has 0 bridgehead atoms. The van der Waals surface area contributed by atoms with Crippen molar-refractivity contribution in [3.8, 4) is 5.75 Å². The van der Waals surface area contributed by atoms with Gasteiger partial charge in [0.2, 0.25) is 0 Å². The largest absolute Gasteiger partial charge is 0.497 e. The van der Waals surface area contributed by atoms with Crippen LogP contribution in [0.15, 0.2) is 22.7 Å². The monoisotopic (exact) mass is 191 g/mol. The smallest absolute Gasteiger partial charge is 0.171 e. The Morgan fingerprint density at radius 2 is 2.36 bits per heavy atom. The number of aromatic nitrogens is 1. The van der Waals surface area contributed by atoms with Crippen LogP contribution in [0.1, 0.15) is 5.69 Å². The van der Waals surface area contributed by atoms with Gasteiger partial charge in [-0.2, -0.15) is 0 Å². The van der Waals surface area contributed by atoms with Gasteiger partial charge >= 0.3 is 0 Å². The van der Waals surface area contributed by atoms with Crippen molar-refractivity contribution in [1.82, 2.24) is 5.16 Å². The summed E-state index contributed by atoms with van der Waals surface area (Å²) in [5.41, 5.74) is 6.25. The summed E-state index contributed by atoms with van der Waals surface area (Å²) < 4.78 is 10.0. The molecule has 2 aromatic rings. The topological polar surface area (TPSA) is 85.1 Å². The van der Waals surface area contributed by atoms with Crippen molar-refractivity contribution >= 4 is 16.8 Å². The molecule has 14 heavy (non-hydrogen) atoms. The standard InChI is InChI=1S/C9H9N3O2/c1-13-5-2-3-6-7(4-5)14-12-8(6)9(10)11/h2-4H,1H3,(H3,10,11). The van der Waals surface area contributed by atoms with Crippen LogP contribution < -0.4 is 10.5 Å². The normalized spacial score (nSPS) is 10.4. The molecular formula is C9H9N3O2. The molecule has 0 radical (unpaired) electrons. The van der Waals surface area contributed by atoms with Gasteiger partial charge in [-0.05, 0) is 12.1 Å². The van der Waals surface area contributed by atoms with E-state index in [1.807, 2.05) is 0 Å². The summed E-state index contributed by atoms with van der Waals surface area (Å²) in [6, 6.07) is 5.24. The van der Waals surface area contributed by atoms with Crippen LogP contribution in [0.3, 0.4) is 0 Å². The highest BCUT2D eigenvalue weighted by Gasteiger charge is 2.10. The molecule has 0 atom stereocenters. The molecule has 0 spiro atoms. The Balaban J connectivity index is 2.65. The lowest BCUT2D eigenvalue weighted by Crippen LogP contribution is -2.11. The predicted molar refractivity (Wildman–Crippen MR) is 51.6 cm³/mol. The highest BCUT2D eigenvalue weighted by molar-refractivity contribution is 6.04. The maximum absolute atomic E-state index is 7.26. The molecule has 0 aliphatic heterocycles. The molecule has 1 aromatic carbocycles. The molecule has 5 nitrogen and oxygen atoms in total. The number of hydrogen-bond donors (Lipinski definition) is 2. The first-order valence-electron chi connectivity index (χ1n) is 4.00. The zero-order valence-electron chi connectivity index (χ0n) is 7.57. The third-order valence-electron chi connectivity index (χ3n) is 1.93. The number of nitrogens with one attached hydrogen (secondary N) is 1. The number of benzene rings is 1. The highest BCUT2D eigenvalue weighted by atomic mass is 16.5. The summed E-state index contributed by atoms with van der Waals surface area (Å²) in [6.45, 7) is 0. The van der Waals surface area contributed by atoms with Crippen LogP contribution in [-0.4, -0.2) is 18.1 Å². The van der Waals surface area contributed by atoms with Crippen molar-refractivity contribution in [2.45, 2.75) is 0 Å². The van der Waals surface area contributed by atoms with Gasteiger partial charge in [-0.3, -0.25) is 5.41 Å². The highest BCUT2D eigenvalue weighted by Crippen LogP contribution is 2.22. The zero-order valence-corrected chi connectivity index (χ0v) is 7.57. The molecule has 1 heterocycles. The van der Waals surface area contributed by atoms with Crippen molar-refractivity contribution in [1.29, 1.82) is 5.41 Å². The maximum atomic E-state index is 7.26. The molecule has 2 rings (SSSR count). The molecule has 0 saturated heterocycles. The van der Waals surface area contributed by atoms with Crippen LogP contribution in [-0.2, 0) is 0 Å². The van der Waals surface area contributed by atoms with E-state index in [-0.39, 0.29) is 5.84 Å². The van der Waals surface area contributed by atoms with E-state index in [0.29, 0.717) is 17.0 Å². The summed E-state index contributed by atoms with van der Waals surface area (Å²) in [5, 5.41) is 11.7. The summed E-state index contributed by atoms with van der Waals surface area (Å²) in [4.78, 5) is 0. The third kappa shape index (κ3) is 1.19. The fraction of sp³-hybridized carbons (Fsp3) is 0.111. The Labute approximate surface area is 79.9 Å². The average Bonchev–Trinajstić information content (AvgIpc) is 2.59. The van der Waals surface area contributed by atoms with E-state index in [1.54, 1.807) is 25.3 Å². The van der Waals surface area contributed by atoms with Gasteiger partial charge in [0.05, 0.1) is 12.5 Å². The predicted octanol–water partition coefficient (Wildman–Crippen LogP) is 1.12. The van der Waals surface area contributed by atoms with Crippen molar-refractivity contribution in [2.24, 2.45) is 5.73 Å². The van der Waals surface area contributed by atoms with Gasteiger partial charge in [0.15, 0.2) is 11.3 Å². The third-order valence-corrected chi connectivity index (χ3v) is 1.93. The summed E-state index contributed by atoms with van der Waals surface area (Å²) in [7, 11) is 1.57. The summed E-state index contributed by atoms with van der Waals surface area (Å²) >= 11 is 0. The molecule has 0 saturated carbocycles. The number of nitrogens with two attached hydrogens (primary N) is 1. The lowest BCUT2D eigenvalue weighted by atomic mass is 10.2. The second-order valence-corrected chi connectivity index (χ2v) is 2.81. The van der Waals surface area contributed by atoms with E-state index in [4.69, 9.17) is 20.4 Å². The van der Waals surface area contributed by atoms with Crippen molar-refractivity contribution in [3.63, 3.8) is 0 Å². The van der Waals surface area contributed by atoms with Crippen molar-refractivity contribution < 1.29 is 9.26 Å². The lowest BCUT2D eigenvalue weighted by molar-refractivity contribution is 0.411. The maximum Gasteiger partial charge on any atom is 0.171 e. The molecule has 0 aliphatic carbocycles. The van der Waals surface area contributed by atoms with E-state index in [2.05, 4.69) is 5.16 Å². The number of nitrogens with zero attached hydrogens (tertiary/aromatic N) is 1. The van der Waals surface area contributed by atoms with Crippen LogP contribution in [0, 0.1) is 5.41 Å². The first-order chi connectivity index (χ1) is 6.72. The number of amidine groups is 1. The average molecular weight is 191 g/mol. The van der Waals surface area contributed by atoms with Crippen LogP contribution in [0.4, 0.5) is 0 Å². The molecule has 72 valence electrons. The van der Waals surface area contributed by atoms with Gasteiger partial charge in [0.25, 0.3) is 0 Å². The van der Waals surface area contributed by atoms with Gasteiger partial charge in [-0.25, -0.2) is 0 Å². The lowest BCUT2D eigenvalue weighted by Gasteiger charge is -1.97. The minimum absolute atomic E-state index is 0.103. The summed E-state index contributed by atoms with van der Waals surface area (Å²) in [5.74, 6) is 0.581. The van der Waals surface area contributed by atoms with Gasteiger partial charge in [-0.1, -0.05) is 5.16 Å². The quantitative estimate of drug-likeness (QED) is 0.550. The van der Waals surface area contributed by atoms with Crippen molar-refractivity contribution in [2.75, 3.05) is 7.11 Å². The molecule has 1 aromatic heterocycles. The minimum atomic E-state index is -0.103. The Hall–Kier alpha value is -2.04. The minimum Gasteiger partial charge on any atom is -0.497 e. The van der Waals surface area contributed by atoms with E-state index < -0.39 is 0 Å². The second kappa shape index (κ2) is 3.02. The van der Waals surface area contributed by atoms with E-state index in [1.165, 1.54) is 0 Å². The first kappa shape index (κ1) is 8.55. The van der Waals surface area contributed by atoms with Crippen LogP contribution >= 0.6 is 0 Å². The van der Waals surface area contributed by atoms with Crippen LogP contribution in [0.25, 0.3) is 11.0 Å². The molecule has 3 N–H and O–H groups in total. The number of nitrogen functional groups attached to an aromatic ring is 1. The molecule has 0 unspecified atom stereocenters. The number of fused-ring (bicyclic) bond motifs is 1. The van der Waals surface area contributed by atoms with Gasteiger partial charge in [-0.15, -0.1) is 0 Å². The van der Waals surface area contributed by atoms with Crippen LogP contribution in [0.5, 0.6) is 5.75 Å². The second-order valence-electron chi connectivity index (χ2n) is 2.81. The molecule has 0 amide bonds. The number of ether oxygens (including phenoxy) is 1. The first-order valence-corrected chi connectivity index (χ1v) is 4.00. The zero-order chi connectivity index (χ0) is 10.1. The SMILES string of the molecule is COc1ccc2c(C(=N)N)noc2c1. The van der Waals surface area contributed by atoms with Gasteiger partial charge in [0.1, 0.15) is 11.6 Å². The molecule has 0 fully saturated rings. The van der Waals surface area contributed by atoms with Gasteiger partial charge < -0.3 is 15.0 Å². The summed E-state index contributed by atoms with van der Waals surface area (Å²) in [6.07, 6.45) is 0. The number of methoxy groups -OCH3 is 1. The fourth-order valence-electron chi connectivity index (χ4n) is 1.24. The number of hydrogen-bond acceptors (Lipinski definition) is 4. The Bertz CT molecular complexity index is 490. The Morgan fingerprint density at radius 3 is 3.00 bits per heavy atom. The number of rotatable bonds is 2.